The van der Waals surface area contributed by atoms with Crippen molar-refractivity contribution in [3.63, 3.8) is 0 Å². The van der Waals surface area contributed by atoms with E-state index in [9.17, 15) is 0 Å². The van der Waals surface area contributed by atoms with Crippen LogP contribution in [0.5, 0.6) is 0 Å². The third-order valence-electron chi connectivity index (χ3n) is 2.47. The Bertz CT molecular complexity index is 323. The van der Waals surface area contributed by atoms with Crippen LogP contribution in [0.4, 0.5) is 0 Å². The van der Waals surface area contributed by atoms with Gasteiger partial charge in [0.25, 0.3) is 0 Å². The maximum absolute atomic E-state index is 6.11. The largest absolute Gasteiger partial charge is 0.324 e. The van der Waals surface area contributed by atoms with E-state index in [1.807, 2.05) is 12.1 Å². The highest BCUT2D eigenvalue weighted by Gasteiger charge is 2.30. The molecule has 0 radical (unpaired) electrons. The Hall–Kier alpha value is 0.200. The highest BCUT2D eigenvalue weighted by molar-refractivity contribution is 14.1. The Morgan fingerprint density at radius 2 is 2.15 bits per heavy atom. The second kappa shape index (κ2) is 3.75. The van der Waals surface area contributed by atoms with Crippen molar-refractivity contribution in [2.45, 2.75) is 18.9 Å². The smallest absolute Gasteiger partial charge is 0.0542 e. The van der Waals surface area contributed by atoms with Crippen LogP contribution < -0.4 is 5.73 Å². The topological polar surface area (TPSA) is 26.0 Å². The van der Waals surface area contributed by atoms with Crippen molar-refractivity contribution >= 4 is 34.2 Å². The van der Waals surface area contributed by atoms with E-state index in [1.54, 1.807) is 0 Å². The molecule has 0 aliphatic heterocycles. The van der Waals surface area contributed by atoms with Gasteiger partial charge in [0, 0.05) is 9.61 Å². The molecule has 1 fully saturated rings. The van der Waals surface area contributed by atoms with E-state index < -0.39 is 0 Å². The lowest BCUT2D eigenvalue weighted by Crippen LogP contribution is -2.13. The van der Waals surface area contributed by atoms with Crippen LogP contribution in [0.25, 0.3) is 0 Å². The van der Waals surface area contributed by atoms with Crippen LogP contribution in [0.1, 0.15) is 24.4 Å². The van der Waals surface area contributed by atoms with Gasteiger partial charge in [-0.15, -0.1) is 0 Å². The Morgan fingerprint density at radius 3 is 2.77 bits per heavy atom. The van der Waals surface area contributed by atoms with E-state index in [1.165, 1.54) is 18.4 Å². The highest BCUT2D eigenvalue weighted by Crippen LogP contribution is 2.41. The maximum atomic E-state index is 6.11. The summed E-state index contributed by atoms with van der Waals surface area (Å²) in [5.74, 6) is 0.687. The van der Waals surface area contributed by atoms with Crippen molar-refractivity contribution in [1.29, 1.82) is 0 Å². The van der Waals surface area contributed by atoms with Crippen molar-refractivity contribution in [3.8, 4) is 0 Å². The summed E-state index contributed by atoms with van der Waals surface area (Å²) < 4.78 is 1.11. The predicted octanol–water partition coefficient (Wildman–Crippen LogP) is 3.35. The fraction of sp³-hybridized carbons (Fsp3) is 0.400. The molecule has 1 unspecified atom stereocenters. The van der Waals surface area contributed by atoms with E-state index >= 15 is 0 Å². The van der Waals surface area contributed by atoms with Crippen molar-refractivity contribution in [1.82, 2.24) is 0 Å². The molecular formula is C10H11ClIN. The van der Waals surface area contributed by atoms with E-state index in [4.69, 9.17) is 17.3 Å². The number of rotatable bonds is 2. The second-order valence-corrected chi connectivity index (χ2v) is 4.99. The molecular weight excluding hydrogens is 296 g/mol. The lowest BCUT2D eigenvalue weighted by molar-refractivity contribution is 0.630. The van der Waals surface area contributed by atoms with Crippen LogP contribution in [0, 0.1) is 9.49 Å². The average Bonchev–Trinajstić information content (AvgIpc) is 2.91. The molecule has 1 atom stereocenters. The molecule has 13 heavy (non-hydrogen) atoms. The van der Waals surface area contributed by atoms with E-state index in [0.29, 0.717) is 5.92 Å². The lowest BCUT2D eigenvalue weighted by Gasteiger charge is -2.13. The molecule has 0 bridgehead atoms. The molecule has 70 valence electrons. The molecule has 1 saturated carbocycles. The van der Waals surface area contributed by atoms with Crippen LogP contribution in [-0.4, -0.2) is 0 Å². The molecule has 0 saturated heterocycles. The first-order chi connectivity index (χ1) is 6.20. The van der Waals surface area contributed by atoms with Crippen LogP contribution in [0.15, 0.2) is 18.2 Å². The molecule has 1 aromatic rings. The summed E-state index contributed by atoms with van der Waals surface area (Å²) in [5, 5.41) is 0.814. The summed E-state index contributed by atoms with van der Waals surface area (Å²) in [5.41, 5.74) is 7.31. The van der Waals surface area contributed by atoms with Gasteiger partial charge in [-0.05, 0) is 53.0 Å². The fourth-order valence-corrected chi connectivity index (χ4v) is 2.39. The minimum Gasteiger partial charge on any atom is -0.324 e. The van der Waals surface area contributed by atoms with Gasteiger partial charge in [0.2, 0.25) is 0 Å². The van der Waals surface area contributed by atoms with Crippen LogP contribution in [0.3, 0.4) is 0 Å². The second-order valence-electron chi connectivity index (χ2n) is 3.51. The van der Waals surface area contributed by atoms with Crippen molar-refractivity contribution < 1.29 is 0 Å². The fourth-order valence-electron chi connectivity index (χ4n) is 1.49. The monoisotopic (exact) mass is 307 g/mol. The summed E-state index contributed by atoms with van der Waals surface area (Å²) in [7, 11) is 0. The average molecular weight is 308 g/mol. The quantitative estimate of drug-likeness (QED) is 0.833. The van der Waals surface area contributed by atoms with Crippen LogP contribution in [0.2, 0.25) is 5.02 Å². The number of nitrogens with two attached hydrogens (primary N) is 1. The van der Waals surface area contributed by atoms with Gasteiger partial charge in [0.15, 0.2) is 0 Å². The lowest BCUT2D eigenvalue weighted by atomic mass is 10.0. The standard InChI is InChI=1S/C10H11ClIN/c11-8-3-1-2-7(9(8)12)10(13)6-4-5-6/h1-3,6,10H,4-5,13H2. The molecule has 1 aliphatic rings. The first-order valence-corrected chi connectivity index (χ1v) is 5.85. The molecule has 0 aromatic heterocycles. The highest BCUT2D eigenvalue weighted by atomic mass is 127. The normalized spacial score (nSPS) is 18.7. The first kappa shape index (κ1) is 9.74. The van der Waals surface area contributed by atoms with Gasteiger partial charge in [0.1, 0.15) is 0 Å². The first-order valence-electron chi connectivity index (χ1n) is 4.39. The minimum absolute atomic E-state index is 0.186. The Morgan fingerprint density at radius 1 is 1.46 bits per heavy atom. The molecule has 1 nitrogen and oxygen atoms in total. The van der Waals surface area contributed by atoms with E-state index in [0.717, 1.165) is 8.59 Å². The van der Waals surface area contributed by atoms with Gasteiger partial charge in [-0.1, -0.05) is 23.7 Å². The molecule has 0 spiro atoms. The van der Waals surface area contributed by atoms with Crippen molar-refractivity contribution in [2.24, 2.45) is 11.7 Å². The van der Waals surface area contributed by atoms with Gasteiger partial charge < -0.3 is 5.73 Å². The van der Waals surface area contributed by atoms with E-state index in [2.05, 4.69) is 28.7 Å². The SMILES string of the molecule is NC(c1cccc(Cl)c1I)C1CC1. The van der Waals surface area contributed by atoms with Gasteiger partial charge >= 0.3 is 0 Å². The van der Waals surface area contributed by atoms with Crippen LogP contribution >= 0.6 is 34.2 Å². The molecule has 1 aliphatic carbocycles. The third kappa shape index (κ3) is 2.00. The maximum Gasteiger partial charge on any atom is 0.0542 e. The summed E-state index contributed by atoms with van der Waals surface area (Å²) in [4.78, 5) is 0. The molecule has 0 heterocycles. The zero-order chi connectivity index (χ0) is 9.42. The number of halogens is 2. The van der Waals surface area contributed by atoms with Gasteiger partial charge in [0.05, 0.1) is 5.02 Å². The Balaban J connectivity index is 2.32. The number of benzene rings is 1. The minimum atomic E-state index is 0.186. The third-order valence-corrected chi connectivity index (χ3v) is 4.31. The molecule has 1 aromatic carbocycles. The van der Waals surface area contributed by atoms with Crippen LogP contribution in [-0.2, 0) is 0 Å². The molecule has 2 N–H and O–H groups in total. The predicted molar refractivity (Wildman–Crippen MR) is 63.8 cm³/mol. The zero-order valence-corrected chi connectivity index (χ0v) is 10.0. The molecule has 0 amide bonds. The Labute approximate surface area is 96.8 Å². The zero-order valence-electron chi connectivity index (χ0n) is 7.13. The van der Waals surface area contributed by atoms with Crippen molar-refractivity contribution in [2.75, 3.05) is 0 Å². The molecule has 3 heteroatoms. The van der Waals surface area contributed by atoms with Gasteiger partial charge in [-0.2, -0.15) is 0 Å². The van der Waals surface area contributed by atoms with Gasteiger partial charge in [-0.25, -0.2) is 0 Å². The molecule has 2 rings (SSSR count). The number of hydrogen-bond acceptors (Lipinski definition) is 1. The Kier molecular flexibility index (Phi) is 2.81. The number of hydrogen-bond donors (Lipinski definition) is 1. The van der Waals surface area contributed by atoms with Crippen molar-refractivity contribution in [3.05, 3.63) is 32.4 Å². The summed E-state index contributed by atoms with van der Waals surface area (Å²) in [6.07, 6.45) is 2.54. The van der Waals surface area contributed by atoms with Gasteiger partial charge in [-0.3, -0.25) is 0 Å². The van der Waals surface area contributed by atoms with E-state index in [-0.39, 0.29) is 6.04 Å². The summed E-state index contributed by atoms with van der Waals surface area (Å²) in [6, 6.07) is 6.15. The summed E-state index contributed by atoms with van der Waals surface area (Å²) in [6.45, 7) is 0. The summed E-state index contributed by atoms with van der Waals surface area (Å²) >= 11 is 8.29.